The van der Waals surface area contributed by atoms with Crippen molar-refractivity contribution in [2.45, 2.75) is 22.8 Å². The molecule has 0 unspecified atom stereocenters. The van der Waals surface area contributed by atoms with Crippen LogP contribution in [0.4, 0.5) is 5.88 Å². The van der Waals surface area contributed by atoms with E-state index in [1.54, 1.807) is 6.07 Å². The summed E-state index contributed by atoms with van der Waals surface area (Å²) in [6, 6.07) is 8.18. The molecule has 0 atom stereocenters. The fourth-order valence-electron chi connectivity index (χ4n) is 3.85. The number of carbonyl (C=O) groups is 1. The number of ether oxygens (including phenoxy) is 2. The van der Waals surface area contributed by atoms with Gasteiger partial charge in [0.2, 0.25) is 32.5 Å². The topological polar surface area (TPSA) is 125 Å². The Bertz CT molecular complexity index is 1240. The zero-order valence-electron chi connectivity index (χ0n) is 17.0. The molecule has 0 aliphatic carbocycles. The molecule has 9 nitrogen and oxygen atoms in total. The molecule has 0 radical (unpaired) electrons. The summed E-state index contributed by atoms with van der Waals surface area (Å²) in [5.41, 5.74) is 5.44. The van der Waals surface area contributed by atoms with Gasteiger partial charge in [-0.1, -0.05) is 6.07 Å². The van der Waals surface area contributed by atoms with Crippen molar-refractivity contribution in [3.8, 4) is 22.3 Å². The van der Waals surface area contributed by atoms with Crippen molar-refractivity contribution in [1.29, 1.82) is 0 Å². The molecular weight excluding hydrogens is 454 g/mol. The number of nitrogens with zero attached hydrogens (tertiary/aromatic N) is 2. The van der Waals surface area contributed by atoms with Crippen LogP contribution in [-0.2, 0) is 14.6 Å². The third-order valence-corrected chi connectivity index (χ3v) is 8.08. The molecule has 2 aliphatic rings. The second-order valence-corrected chi connectivity index (χ2v) is 10.4. The number of thiophene rings is 1. The first-order valence-corrected chi connectivity index (χ1v) is 12.5. The fraction of sp³-hybridized carbons (Fsp3) is 0.333. The van der Waals surface area contributed by atoms with Gasteiger partial charge < -0.3 is 24.5 Å². The van der Waals surface area contributed by atoms with E-state index in [4.69, 9.17) is 19.6 Å². The third kappa shape index (κ3) is 3.71. The van der Waals surface area contributed by atoms with Crippen LogP contribution < -0.4 is 20.1 Å². The Morgan fingerprint density at radius 3 is 2.56 bits per heavy atom. The quantitative estimate of drug-likeness (QED) is 0.597. The number of fused-ring (bicyclic) bond motifs is 1. The molecule has 1 amide bonds. The van der Waals surface area contributed by atoms with E-state index in [0.29, 0.717) is 50.6 Å². The van der Waals surface area contributed by atoms with Crippen molar-refractivity contribution in [3.63, 3.8) is 0 Å². The number of rotatable bonds is 5. The summed E-state index contributed by atoms with van der Waals surface area (Å²) in [6.07, 6.45) is 1.04. The lowest BCUT2D eigenvalue weighted by atomic mass is 9.96. The Hall–Kier alpha value is -3.05. The van der Waals surface area contributed by atoms with Gasteiger partial charge in [0.05, 0.1) is 9.77 Å². The largest absolute Gasteiger partial charge is 0.486 e. The maximum Gasteiger partial charge on any atom is 0.240 e. The van der Waals surface area contributed by atoms with Gasteiger partial charge in [-0.05, 0) is 36.4 Å². The minimum absolute atomic E-state index is 0.0426. The van der Waals surface area contributed by atoms with E-state index in [-0.39, 0.29) is 33.5 Å². The molecule has 168 valence electrons. The maximum atomic E-state index is 13.6. The van der Waals surface area contributed by atoms with Gasteiger partial charge in [-0.15, -0.1) is 11.3 Å². The highest BCUT2D eigenvalue weighted by Gasteiger charge is 2.34. The van der Waals surface area contributed by atoms with E-state index in [9.17, 15) is 13.2 Å². The molecule has 0 bridgehead atoms. The maximum absolute atomic E-state index is 13.6. The molecule has 5 rings (SSSR count). The summed E-state index contributed by atoms with van der Waals surface area (Å²) in [6.45, 7) is 1.65. The predicted molar refractivity (Wildman–Crippen MR) is 117 cm³/mol. The highest BCUT2D eigenvalue weighted by Crippen LogP contribution is 2.39. The number of benzene rings is 1. The highest BCUT2D eigenvalue weighted by atomic mass is 32.2. The average molecular weight is 476 g/mol. The summed E-state index contributed by atoms with van der Waals surface area (Å²) in [7, 11) is -4.02. The van der Waals surface area contributed by atoms with Crippen LogP contribution in [0.25, 0.3) is 10.8 Å². The number of hydrogen-bond acceptors (Lipinski definition) is 9. The SMILES string of the molecule is NC(=O)C1CCN(c2oc(-c3cccs3)nc2S(=O)(=O)c2ccc3c(c2)OCCO3)CC1. The van der Waals surface area contributed by atoms with Gasteiger partial charge in [-0.25, -0.2) is 8.42 Å². The molecule has 1 saturated heterocycles. The van der Waals surface area contributed by atoms with Gasteiger partial charge in [0.1, 0.15) is 13.2 Å². The number of nitrogens with two attached hydrogens (primary N) is 1. The van der Waals surface area contributed by atoms with Crippen LogP contribution >= 0.6 is 11.3 Å². The number of piperidine rings is 1. The van der Waals surface area contributed by atoms with Gasteiger partial charge in [0.25, 0.3) is 0 Å². The Balaban J connectivity index is 1.56. The molecule has 0 spiro atoms. The molecule has 1 fully saturated rings. The average Bonchev–Trinajstić information content (AvgIpc) is 3.49. The molecule has 2 aromatic heterocycles. The summed E-state index contributed by atoms with van der Waals surface area (Å²) in [4.78, 5) is 18.5. The Kier molecular flexibility index (Phi) is 5.30. The molecule has 11 heteroatoms. The number of anilines is 1. The van der Waals surface area contributed by atoms with Crippen LogP contribution in [0.3, 0.4) is 0 Å². The fourth-order valence-corrected chi connectivity index (χ4v) is 5.83. The van der Waals surface area contributed by atoms with Gasteiger partial charge >= 0.3 is 0 Å². The lowest BCUT2D eigenvalue weighted by Crippen LogP contribution is -2.38. The zero-order valence-corrected chi connectivity index (χ0v) is 18.7. The number of primary amides is 1. The third-order valence-electron chi connectivity index (χ3n) is 5.57. The van der Waals surface area contributed by atoms with Crippen molar-refractivity contribution >= 4 is 33.0 Å². The van der Waals surface area contributed by atoms with Crippen molar-refractivity contribution in [1.82, 2.24) is 4.98 Å². The van der Waals surface area contributed by atoms with E-state index in [2.05, 4.69) is 4.98 Å². The van der Waals surface area contributed by atoms with Gasteiger partial charge in [-0.2, -0.15) is 4.98 Å². The summed E-state index contributed by atoms with van der Waals surface area (Å²) in [5.74, 6) is 0.718. The van der Waals surface area contributed by atoms with E-state index >= 15 is 0 Å². The van der Waals surface area contributed by atoms with Crippen molar-refractivity contribution in [2.75, 3.05) is 31.2 Å². The van der Waals surface area contributed by atoms with E-state index in [1.165, 1.54) is 23.5 Å². The molecule has 0 saturated carbocycles. The predicted octanol–water partition coefficient (Wildman–Crippen LogP) is 2.71. The van der Waals surface area contributed by atoms with Crippen molar-refractivity contribution < 1.29 is 27.1 Å². The van der Waals surface area contributed by atoms with Crippen molar-refractivity contribution in [3.05, 3.63) is 35.7 Å². The number of oxazole rings is 1. The highest BCUT2D eigenvalue weighted by molar-refractivity contribution is 7.91. The van der Waals surface area contributed by atoms with Crippen LogP contribution in [0.2, 0.25) is 0 Å². The molecule has 32 heavy (non-hydrogen) atoms. The minimum Gasteiger partial charge on any atom is -0.486 e. The van der Waals surface area contributed by atoms with E-state index < -0.39 is 9.84 Å². The summed E-state index contributed by atoms with van der Waals surface area (Å²) < 4.78 is 44.3. The first-order valence-electron chi connectivity index (χ1n) is 10.2. The molecule has 3 aromatic rings. The first-order chi connectivity index (χ1) is 15.4. The summed E-state index contributed by atoms with van der Waals surface area (Å²) in [5, 5.41) is 1.71. The van der Waals surface area contributed by atoms with Crippen LogP contribution in [0.1, 0.15) is 12.8 Å². The second-order valence-electron chi connectivity index (χ2n) is 7.58. The normalized spacial score (nSPS) is 16.8. The lowest BCUT2D eigenvalue weighted by molar-refractivity contribution is -0.122. The smallest absolute Gasteiger partial charge is 0.240 e. The second kappa shape index (κ2) is 8.14. The number of sulfone groups is 1. The molecular formula is C21H21N3O6S2. The Labute approximate surface area is 188 Å². The number of carbonyl (C=O) groups excluding carboxylic acids is 1. The first kappa shape index (κ1) is 20.8. The molecule has 2 N–H and O–H groups in total. The van der Waals surface area contributed by atoms with Gasteiger partial charge in [-0.3, -0.25) is 4.79 Å². The Morgan fingerprint density at radius 2 is 1.88 bits per heavy atom. The van der Waals surface area contributed by atoms with Crippen LogP contribution in [0.5, 0.6) is 11.5 Å². The standard InChI is InChI=1S/C21H21N3O6S2/c22-18(25)13-5-7-24(8-6-13)21-20(23-19(30-21)17-2-1-11-31-17)32(26,27)14-3-4-15-16(12-14)29-10-9-28-15/h1-4,11-13H,5-10H2,(H2,22,25). The Morgan fingerprint density at radius 1 is 1.12 bits per heavy atom. The number of amides is 1. The monoisotopic (exact) mass is 475 g/mol. The van der Waals surface area contributed by atoms with Gasteiger partial charge in [0.15, 0.2) is 11.5 Å². The number of hydrogen-bond donors (Lipinski definition) is 1. The zero-order chi connectivity index (χ0) is 22.3. The van der Waals surface area contributed by atoms with Crippen molar-refractivity contribution in [2.24, 2.45) is 11.7 Å². The lowest BCUT2D eigenvalue weighted by Gasteiger charge is -2.30. The van der Waals surface area contributed by atoms with Crippen LogP contribution in [0.15, 0.2) is 50.1 Å². The summed E-state index contributed by atoms with van der Waals surface area (Å²) >= 11 is 1.41. The van der Waals surface area contributed by atoms with Gasteiger partial charge in [0, 0.05) is 25.1 Å². The minimum atomic E-state index is -4.02. The van der Waals surface area contributed by atoms with Crippen LogP contribution in [0, 0.1) is 5.92 Å². The number of aromatic nitrogens is 1. The molecule has 1 aromatic carbocycles. The molecule has 4 heterocycles. The van der Waals surface area contributed by atoms with E-state index in [0.717, 1.165) is 4.88 Å². The van der Waals surface area contributed by atoms with E-state index in [1.807, 2.05) is 22.4 Å². The molecule has 2 aliphatic heterocycles. The van der Waals surface area contributed by atoms with Crippen LogP contribution in [-0.4, -0.2) is 45.6 Å².